The number of piperidine rings is 2. The van der Waals surface area contributed by atoms with E-state index in [-0.39, 0.29) is 0 Å². The minimum Gasteiger partial charge on any atom is -0.322 e. The molecule has 72 valence electrons. The van der Waals surface area contributed by atoms with Gasteiger partial charge in [-0.15, -0.1) is 0 Å². The average molecular weight is 214 g/mol. The Bertz CT molecular complexity index is 198. The normalized spacial score (nSPS) is 28.0. The summed E-state index contributed by atoms with van der Waals surface area (Å²) in [6.45, 7) is 5.12. The van der Waals surface area contributed by atoms with Crippen molar-refractivity contribution in [3.05, 3.63) is 0 Å². The van der Waals surface area contributed by atoms with Gasteiger partial charge >= 0.3 is 0 Å². The molecule has 0 amide bonds. The maximum atomic E-state index is 5.25. The van der Waals surface area contributed by atoms with Crippen LogP contribution >= 0.6 is 24.4 Å². The maximum Gasteiger partial charge on any atom is 0.0833 e. The van der Waals surface area contributed by atoms with Crippen LogP contribution < -0.4 is 0 Å². The Morgan fingerprint density at radius 1 is 0.692 bits per heavy atom. The Morgan fingerprint density at radius 3 is 1.31 bits per heavy atom. The van der Waals surface area contributed by atoms with Gasteiger partial charge in [-0.05, 0) is 0 Å². The summed E-state index contributed by atoms with van der Waals surface area (Å²) in [6, 6.07) is 0. The van der Waals surface area contributed by atoms with E-state index < -0.39 is 0 Å². The average Bonchev–Trinajstić information content (AvgIpc) is 2.16. The van der Waals surface area contributed by atoms with Crippen LogP contribution in [0, 0.1) is 0 Å². The van der Waals surface area contributed by atoms with Crippen LogP contribution in [0.1, 0.15) is 25.7 Å². The molecule has 0 N–H and O–H groups in total. The highest BCUT2D eigenvalue weighted by Gasteiger charge is 2.34. The molecule has 2 saturated heterocycles. The van der Waals surface area contributed by atoms with E-state index in [0.29, 0.717) is 0 Å². The molecule has 0 aromatic heterocycles. The molecule has 0 atom stereocenters. The number of quaternary nitrogens is 1. The first kappa shape index (κ1) is 9.69. The molecule has 2 aliphatic rings. The first-order valence-corrected chi connectivity index (χ1v) is 5.90. The van der Waals surface area contributed by atoms with Crippen LogP contribution in [0.15, 0.2) is 0 Å². The minimum atomic E-state index is 1.17. The van der Waals surface area contributed by atoms with E-state index in [1.54, 1.807) is 0 Å². The first-order valence-electron chi connectivity index (χ1n) is 5.09. The van der Waals surface area contributed by atoms with Crippen molar-refractivity contribution in [3.8, 4) is 0 Å². The van der Waals surface area contributed by atoms with Gasteiger partial charge < -0.3 is 4.48 Å². The molecular weight excluding hydrogens is 198 g/mol. The second-order valence-corrected chi connectivity index (χ2v) is 5.47. The lowest BCUT2D eigenvalue weighted by atomic mass is 10.0. The predicted octanol–water partition coefficient (Wildman–Crippen LogP) is 2.13. The molecule has 2 heterocycles. The molecule has 2 rings (SSSR count). The predicted molar refractivity (Wildman–Crippen MR) is 63.4 cm³/mol. The Labute approximate surface area is 90.7 Å². The maximum absolute atomic E-state index is 5.25. The highest BCUT2D eigenvalue weighted by molar-refractivity contribution is 7.80. The second kappa shape index (κ2) is 3.71. The van der Waals surface area contributed by atoms with Crippen molar-refractivity contribution >= 4 is 34.2 Å². The summed E-state index contributed by atoms with van der Waals surface area (Å²) in [6.07, 6.45) is 4.67. The lowest BCUT2D eigenvalue weighted by molar-refractivity contribution is -0.929. The van der Waals surface area contributed by atoms with Gasteiger partial charge in [-0.3, -0.25) is 0 Å². The molecular formula is C10H16NS2+. The van der Waals surface area contributed by atoms with Gasteiger partial charge in [0.2, 0.25) is 0 Å². The van der Waals surface area contributed by atoms with Gasteiger partial charge in [-0.1, -0.05) is 24.4 Å². The van der Waals surface area contributed by atoms with E-state index in [1.165, 1.54) is 66.1 Å². The summed E-state index contributed by atoms with van der Waals surface area (Å²) >= 11 is 10.5. The van der Waals surface area contributed by atoms with E-state index in [4.69, 9.17) is 24.4 Å². The molecule has 0 aromatic rings. The first-order chi connectivity index (χ1) is 6.20. The Morgan fingerprint density at radius 2 is 1.00 bits per heavy atom. The van der Waals surface area contributed by atoms with E-state index in [2.05, 4.69) is 0 Å². The Kier molecular flexibility index (Phi) is 2.77. The zero-order valence-electron chi connectivity index (χ0n) is 7.92. The van der Waals surface area contributed by atoms with Crippen LogP contribution in [0.25, 0.3) is 0 Å². The number of hydrogen-bond acceptors (Lipinski definition) is 2. The fourth-order valence-electron chi connectivity index (χ4n) is 2.37. The van der Waals surface area contributed by atoms with Crippen LogP contribution in [0.4, 0.5) is 0 Å². The van der Waals surface area contributed by atoms with Gasteiger partial charge in [0.15, 0.2) is 0 Å². The lowest BCUT2D eigenvalue weighted by Gasteiger charge is -2.44. The summed E-state index contributed by atoms with van der Waals surface area (Å²) in [7, 11) is 0. The van der Waals surface area contributed by atoms with Crippen molar-refractivity contribution in [2.45, 2.75) is 25.7 Å². The molecule has 0 aliphatic carbocycles. The highest BCUT2D eigenvalue weighted by atomic mass is 32.1. The van der Waals surface area contributed by atoms with Gasteiger partial charge in [-0.25, -0.2) is 0 Å². The third-order valence-corrected chi connectivity index (χ3v) is 4.28. The summed E-state index contributed by atoms with van der Waals surface area (Å²) in [5.74, 6) is 0. The zero-order chi connectivity index (χ0) is 9.31. The van der Waals surface area contributed by atoms with E-state index in [9.17, 15) is 0 Å². The van der Waals surface area contributed by atoms with E-state index in [0.717, 1.165) is 0 Å². The topological polar surface area (TPSA) is 0 Å². The number of nitrogens with zero attached hydrogens (tertiary/aromatic N) is 1. The third-order valence-electron chi connectivity index (χ3n) is 3.46. The van der Waals surface area contributed by atoms with E-state index >= 15 is 0 Å². The zero-order valence-corrected chi connectivity index (χ0v) is 9.55. The van der Waals surface area contributed by atoms with Gasteiger partial charge in [0.05, 0.1) is 26.2 Å². The molecule has 0 unspecified atom stereocenters. The molecule has 2 aliphatic heterocycles. The van der Waals surface area contributed by atoms with Crippen molar-refractivity contribution in [1.29, 1.82) is 0 Å². The molecule has 0 aromatic carbocycles. The second-order valence-electron chi connectivity index (χ2n) is 4.31. The summed E-state index contributed by atoms with van der Waals surface area (Å²) in [5, 5.41) is 0. The highest BCUT2D eigenvalue weighted by Crippen LogP contribution is 2.23. The van der Waals surface area contributed by atoms with Gasteiger partial charge in [0, 0.05) is 35.4 Å². The third kappa shape index (κ3) is 2.14. The molecule has 0 bridgehead atoms. The van der Waals surface area contributed by atoms with Crippen molar-refractivity contribution in [1.82, 2.24) is 0 Å². The number of thiocarbonyl (C=S) groups is 2. The van der Waals surface area contributed by atoms with Crippen LogP contribution in [0.3, 0.4) is 0 Å². The van der Waals surface area contributed by atoms with Crippen LogP contribution in [-0.4, -0.2) is 40.4 Å². The fourth-order valence-corrected chi connectivity index (χ4v) is 2.73. The number of rotatable bonds is 0. The minimum absolute atomic E-state index is 1.17. The Hall–Kier alpha value is 0.140. The molecule has 3 heteroatoms. The van der Waals surface area contributed by atoms with Crippen molar-refractivity contribution in [3.63, 3.8) is 0 Å². The molecule has 1 nitrogen and oxygen atoms in total. The monoisotopic (exact) mass is 214 g/mol. The van der Waals surface area contributed by atoms with Crippen LogP contribution in [0.5, 0.6) is 0 Å². The summed E-state index contributed by atoms with van der Waals surface area (Å²) in [4.78, 5) is 2.58. The molecule has 13 heavy (non-hydrogen) atoms. The smallest absolute Gasteiger partial charge is 0.0833 e. The fraction of sp³-hybridized carbons (Fsp3) is 0.800. The largest absolute Gasteiger partial charge is 0.322 e. The SMILES string of the molecule is S=C1CC[N+]2(CC1)CCC(=S)CC2. The van der Waals surface area contributed by atoms with E-state index in [1.807, 2.05) is 0 Å². The standard InChI is InChI=1S/C10H16NS2/c12-9-1-5-11(6-2-9)7-3-10(13)4-8-11/h1-8H2/q+1. The van der Waals surface area contributed by atoms with Crippen molar-refractivity contribution in [2.24, 2.45) is 0 Å². The van der Waals surface area contributed by atoms with Crippen molar-refractivity contribution < 1.29 is 4.48 Å². The quantitative estimate of drug-likeness (QED) is 0.447. The molecule has 0 saturated carbocycles. The summed E-state index contributed by atoms with van der Waals surface area (Å²) < 4.78 is 1.31. The number of hydrogen-bond donors (Lipinski definition) is 0. The molecule has 1 spiro atoms. The lowest BCUT2D eigenvalue weighted by Crippen LogP contribution is -2.56. The van der Waals surface area contributed by atoms with Gasteiger partial charge in [0.25, 0.3) is 0 Å². The summed E-state index contributed by atoms with van der Waals surface area (Å²) in [5.41, 5.74) is 0. The molecule has 0 radical (unpaired) electrons. The van der Waals surface area contributed by atoms with Crippen molar-refractivity contribution in [2.75, 3.05) is 26.2 Å². The van der Waals surface area contributed by atoms with Crippen LogP contribution in [-0.2, 0) is 0 Å². The van der Waals surface area contributed by atoms with Gasteiger partial charge in [0.1, 0.15) is 0 Å². The van der Waals surface area contributed by atoms with Crippen LogP contribution in [0.2, 0.25) is 0 Å². The Balaban J connectivity index is 1.98. The van der Waals surface area contributed by atoms with Gasteiger partial charge in [-0.2, -0.15) is 0 Å². The molecule has 2 fully saturated rings.